The normalized spacial score (nSPS) is 14.6. The molecule has 0 amide bonds. The van der Waals surface area contributed by atoms with Crippen LogP contribution in [-0.4, -0.2) is 53.0 Å². The second-order valence-electron chi connectivity index (χ2n) is 11.7. The molecule has 4 atom stereocenters. The zero-order chi connectivity index (χ0) is 31.3. The van der Waals surface area contributed by atoms with E-state index in [-0.39, 0.29) is 23.9 Å². The second-order valence-corrected chi connectivity index (χ2v) is 11.7. The summed E-state index contributed by atoms with van der Waals surface area (Å²) in [6.45, 7) is 14.9. The fourth-order valence-corrected chi connectivity index (χ4v) is 5.81. The van der Waals surface area contributed by atoms with Crippen LogP contribution in [0.3, 0.4) is 0 Å². The third-order valence-electron chi connectivity index (χ3n) is 8.35. The number of aromatic amines is 2. The lowest BCUT2D eigenvalue weighted by Crippen LogP contribution is -2.45. The highest BCUT2D eigenvalue weighted by Crippen LogP contribution is 2.28. The van der Waals surface area contributed by atoms with Crippen molar-refractivity contribution in [3.8, 4) is 0 Å². The van der Waals surface area contributed by atoms with Crippen LogP contribution in [0.2, 0.25) is 0 Å². The zero-order valence-electron chi connectivity index (χ0n) is 26.6. The van der Waals surface area contributed by atoms with Crippen molar-refractivity contribution in [3.05, 3.63) is 115 Å². The van der Waals surface area contributed by atoms with E-state index in [1.54, 1.807) is 6.33 Å². The minimum Gasteiger partial charge on any atom is -0.389 e. The zero-order valence-corrected chi connectivity index (χ0v) is 26.6. The number of imidazole rings is 1. The Hall–Kier alpha value is -4.30. The summed E-state index contributed by atoms with van der Waals surface area (Å²) >= 11 is 0. The van der Waals surface area contributed by atoms with E-state index < -0.39 is 0 Å². The van der Waals surface area contributed by atoms with Gasteiger partial charge in [-0.15, -0.1) is 0 Å². The van der Waals surface area contributed by atoms with E-state index >= 15 is 0 Å². The summed E-state index contributed by atoms with van der Waals surface area (Å²) in [6.07, 6.45) is 9.88. The summed E-state index contributed by atoms with van der Waals surface area (Å²) in [5.41, 5.74) is 13.6. The first-order chi connectivity index (χ1) is 21.4. The van der Waals surface area contributed by atoms with Crippen molar-refractivity contribution in [2.24, 2.45) is 22.6 Å². The first-order valence-corrected chi connectivity index (χ1v) is 15.8. The maximum absolute atomic E-state index is 6.99. The summed E-state index contributed by atoms with van der Waals surface area (Å²) in [5.74, 6) is 0.826. The number of aromatic nitrogens is 3. The first-order valence-electron chi connectivity index (χ1n) is 15.8. The van der Waals surface area contributed by atoms with Crippen LogP contribution in [0, 0.1) is 11.8 Å². The molecule has 0 fully saturated rings. The van der Waals surface area contributed by atoms with Gasteiger partial charge >= 0.3 is 0 Å². The van der Waals surface area contributed by atoms with Gasteiger partial charge in [0.15, 0.2) is 0 Å². The van der Waals surface area contributed by atoms with Crippen LogP contribution < -0.4 is 21.7 Å². The highest BCUT2D eigenvalue weighted by atomic mass is 15.0. The Bertz CT molecular complexity index is 1470. The molecule has 0 bridgehead atoms. The number of para-hydroxylation sites is 1. The van der Waals surface area contributed by atoms with E-state index in [9.17, 15) is 0 Å². The number of H-pyrrole nitrogens is 2. The van der Waals surface area contributed by atoms with Gasteiger partial charge in [0, 0.05) is 58.8 Å². The number of hydrogen-bond donors (Lipinski definition) is 6. The van der Waals surface area contributed by atoms with E-state index in [2.05, 4.69) is 113 Å². The monoisotopic (exact) mass is 594 g/mol. The molecule has 4 aromatic rings. The van der Waals surface area contributed by atoms with Crippen molar-refractivity contribution in [1.29, 1.82) is 0 Å². The van der Waals surface area contributed by atoms with E-state index in [4.69, 9.17) is 10.7 Å². The highest BCUT2D eigenvalue weighted by molar-refractivity contribution is 5.86. The number of nitrogens with zero attached hydrogens (tertiary/aromatic N) is 2. The number of hydrogen-bond acceptors (Lipinski definition) is 5. The first kappa shape index (κ1) is 32.6. The van der Waals surface area contributed by atoms with E-state index in [1.165, 1.54) is 16.5 Å². The molecule has 234 valence electrons. The Morgan fingerprint density at radius 2 is 1.77 bits per heavy atom. The predicted octanol–water partition coefficient (Wildman–Crippen LogP) is 5.49. The molecular formula is C36H50N8. The Morgan fingerprint density at radius 3 is 2.50 bits per heavy atom. The van der Waals surface area contributed by atoms with E-state index in [1.807, 2.05) is 19.3 Å². The average Bonchev–Trinajstić information content (AvgIpc) is 3.69. The molecule has 0 aliphatic heterocycles. The molecule has 2 aromatic carbocycles. The molecular weight excluding hydrogens is 544 g/mol. The molecule has 0 radical (unpaired) electrons. The van der Waals surface area contributed by atoms with Crippen LogP contribution >= 0.6 is 0 Å². The number of rotatable bonds is 19. The standard InChI is InChI=1S/C36H50N8/c1-6-40-27(4)32(21-29-22-41-33-16-11-10-15-31(29)33)34(17-12-18-38-5)44-36(37)35(20-28-13-8-7-9-14-28)43-26(3)25(2)19-30-23-39-24-42-30/h7-11,13-16,22-25,32,34-35,38,40-41,43H,3-4,6,12,17-21H2,1-2,5H3,(H2,37,44)(H,39,42). The number of amidine groups is 1. The molecule has 0 spiro atoms. The van der Waals surface area contributed by atoms with Crippen LogP contribution in [0.1, 0.15) is 43.5 Å². The van der Waals surface area contributed by atoms with Gasteiger partial charge in [0.2, 0.25) is 0 Å². The molecule has 0 saturated carbocycles. The van der Waals surface area contributed by atoms with Gasteiger partial charge in [-0.3, -0.25) is 4.99 Å². The number of benzene rings is 2. The van der Waals surface area contributed by atoms with Gasteiger partial charge in [0.05, 0.1) is 18.4 Å². The summed E-state index contributed by atoms with van der Waals surface area (Å²) < 4.78 is 0. The fraction of sp³-hybridized carbons (Fsp3) is 0.389. The third-order valence-corrected chi connectivity index (χ3v) is 8.35. The molecule has 2 aromatic heterocycles. The molecule has 0 aliphatic carbocycles. The van der Waals surface area contributed by atoms with Gasteiger partial charge in [-0.2, -0.15) is 0 Å². The van der Waals surface area contributed by atoms with Crippen molar-refractivity contribution in [3.63, 3.8) is 0 Å². The molecule has 0 aliphatic rings. The lowest BCUT2D eigenvalue weighted by atomic mass is 9.87. The van der Waals surface area contributed by atoms with Gasteiger partial charge in [-0.1, -0.05) is 68.6 Å². The van der Waals surface area contributed by atoms with E-state index in [0.29, 0.717) is 12.3 Å². The highest BCUT2D eigenvalue weighted by Gasteiger charge is 2.27. The van der Waals surface area contributed by atoms with Crippen LogP contribution in [0.5, 0.6) is 0 Å². The third kappa shape index (κ3) is 9.10. The van der Waals surface area contributed by atoms with Gasteiger partial charge in [-0.25, -0.2) is 4.98 Å². The molecule has 8 heteroatoms. The number of fused-ring (bicyclic) bond motifs is 1. The topological polar surface area (TPSA) is 119 Å². The van der Waals surface area contributed by atoms with Crippen molar-refractivity contribution in [2.75, 3.05) is 20.1 Å². The van der Waals surface area contributed by atoms with Crippen molar-refractivity contribution < 1.29 is 0 Å². The Balaban J connectivity index is 1.65. The molecule has 8 nitrogen and oxygen atoms in total. The predicted molar refractivity (Wildman–Crippen MR) is 185 cm³/mol. The van der Waals surface area contributed by atoms with Crippen LogP contribution in [-0.2, 0) is 19.3 Å². The average molecular weight is 595 g/mol. The summed E-state index contributed by atoms with van der Waals surface area (Å²) in [4.78, 5) is 16.1. The molecule has 4 unspecified atom stereocenters. The summed E-state index contributed by atoms with van der Waals surface area (Å²) in [5, 5.41) is 11.7. The van der Waals surface area contributed by atoms with Gasteiger partial charge in [0.25, 0.3) is 0 Å². The maximum Gasteiger partial charge on any atom is 0.117 e. The molecule has 44 heavy (non-hydrogen) atoms. The largest absolute Gasteiger partial charge is 0.389 e. The lowest BCUT2D eigenvalue weighted by Gasteiger charge is -2.29. The molecule has 0 saturated heterocycles. The van der Waals surface area contributed by atoms with Crippen LogP contribution in [0.25, 0.3) is 10.9 Å². The molecule has 2 heterocycles. The van der Waals surface area contributed by atoms with Gasteiger partial charge < -0.3 is 31.7 Å². The maximum atomic E-state index is 6.99. The lowest BCUT2D eigenvalue weighted by molar-refractivity contribution is 0.420. The SMILES string of the molecule is C=C(NC(Cc1ccccc1)C(N)=NC(CCCNC)C(Cc1c[nH]c2ccccc12)C(=C)NCC)C(C)Cc1cnc[nH]1. The Morgan fingerprint density at radius 1 is 1.00 bits per heavy atom. The quantitative estimate of drug-likeness (QED) is 0.0487. The van der Waals surface area contributed by atoms with Crippen molar-refractivity contribution >= 4 is 16.7 Å². The second kappa shape index (κ2) is 16.5. The van der Waals surface area contributed by atoms with Crippen molar-refractivity contribution in [1.82, 2.24) is 30.9 Å². The summed E-state index contributed by atoms with van der Waals surface area (Å²) in [6, 6.07) is 18.6. The Labute approximate surface area is 262 Å². The number of aliphatic imine (C=N–C) groups is 1. The minimum atomic E-state index is -0.206. The Kier molecular flexibility index (Phi) is 12.2. The van der Waals surface area contributed by atoms with Gasteiger partial charge in [0.1, 0.15) is 5.84 Å². The van der Waals surface area contributed by atoms with Crippen LogP contribution in [0.15, 0.2) is 103 Å². The van der Waals surface area contributed by atoms with E-state index in [0.717, 1.165) is 61.4 Å². The minimum absolute atomic E-state index is 0.0562. The molecule has 4 rings (SSSR count). The molecule has 7 N–H and O–H groups in total. The van der Waals surface area contributed by atoms with Gasteiger partial charge in [-0.05, 0) is 69.8 Å². The number of nitrogens with one attached hydrogen (secondary N) is 5. The summed E-state index contributed by atoms with van der Waals surface area (Å²) in [7, 11) is 1.99. The number of nitrogens with two attached hydrogens (primary N) is 1. The van der Waals surface area contributed by atoms with Crippen molar-refractivity contribution in [2.45, 2.75) is 58.0 Å². The van der Waals surface area contributed by atoms with Crippen LogP contribution in [0.4, 0.5) is 0 Å². The number of allylic oxidation sites excluding steroid dienone is 1. The smallest absolute Gasteiger partial charge is 0.117 e. The fourth-order valence-electron chi connectivity index (χ4n) is 5.81.